The molecule has 2 heterocycles. The highest BCUT2D eigenvalue weighted by Crippen LogP contribution is 2.19. The highest BCUT2D eigenvalue weighted by atomic mass is 16.4. The minimum atomic E-state index is 0.505. The van der Waals surface area contributed by atoms with Gasteiger partial charge in [0.25, 0.3) is 0 Å². The van der Waals surface area contributed by atoms with Crippen molar-refractivity contribution in [1.29, 1.82) is 0 Å². The summed E-state index contributed by atoms with van der Waals surface area (Å²) >= 11 is 0. The number of hydrogen-bond donors (Lipinski definition) is 2. The van der Waals surface area contributed by atoms with Gasteiger partial charge >= 0.3 is 0 Å². The van der Waals surface area contributed by atoms with Crippen LogP contribution in [0.3, 0.4) is 0 Å². The Morgan fingerprint density at radius 2 is 2.18 bits per heavy atom. The molecule has 2 rings (SSSR count). The summed E-state index contributed by atoms with van der Waals surface area (Å²) in [4.78, 5) is 4.19. The molecule has 0 atom stereocenters. The Morgan fingerprint density at radius 3 is 2.88 bits per heavy atom. The number of aryl methyl sites for hydroxylation is 2. The maximum Gasteiger partial charge on any atom is 0.226 e. The minimum absolute atomic E-state index is 0.505. The van der Waals surface area contributed by atoms with Crippen LogP contribution in [-0.4, -0.2) is 15.2 Å². The smallest absolute Gasteiger partial charge is 0.226 e. The van der Waals surface area contributed by atoms with E-state index in [-0.39, 0.29) is 0 Å². The van der Waals surface area contributed by atoms with E-state index in [4.69, 9.17) is 10.2 Å². The summed E-state index contributed by atoms with van der Waals surface area (Å²) in [5.74, 6) is 1.85. The number of hydrogen-bond acceptors (Lipinski definition) is 4. The van der Waals surface area contributed by atoms with Crippen LogP contribution >= 0.6 is 0 Å². The maximum absolute atomic E-state index is 5.79. The van der Waals surface area contributed by atoms with Crippen LogP contribution in [0, 0.1) is 13.8 Å². The zero-order chi connectivity index (χ0) is 12.3. The summed E-state index contributed by atoms with van der Waals surface area (Å²) in [5.41, 5.74) is 7.52. The molecule has 2 aromatic rings. The fourth-order valence-corrected chi connectivity index (χ4v) is 1.37. The van der Waals surface area contributed by atoms with Crippen molar-refractivity contribution in [3.63, 3.8) is 0 Å². The van der Waals surface area contributed by atoms with Gasteiger partial charge in [0.1, 0.15) is 11.6 Å². The molecule has 0 aliphatic rings. The van der Waals surface area contributed by atoms with Gasteiger partial charge in [-0.2, -0.15) is 5.10 Å². The fourth-order valence-electron chi connectivity index (χ4n) is 1.37. The van der Waals surface area contributed by atoms with Crippen molar-refractivity contribution in [1.82, 2.24) is 15.2 Å². The van der Waals surface area contributed by atoms with E-state index in [1.54, 1.807) is 18.5 Å². The molecule has 0 aromatic carbocycles. The molecule has 0 bridgehead atoms. The molecule has 0 unspecified atom stereocenters. The number of nitrogens with one attached hydrogen (secondary N) is 1. The number of oxazole rings is 1. The quantitative estimate of drug-likeness (QED) is 0.788. The normalized spacial score (nSPS) is 10.0. The number of anilines is 1. The van der Waals surface area contributed by atoms with Gasteiger partial charge in [-0.15, -0.1) is 0 Å². The van der Waals surface area contributed by atoms with Gasteiger partial charge in [0.15, 0.2) is 0 Å². The third-order valence-corrected chi connectivity index (χ3v) is 2.29. The second kappa shape index (κ2) is 4.69. The minimum Gasteiger partial charge on any atom is -0.441 e. The van der Waals surface area contributed by atoms with E-state index < -0.39 is 0 Å². The molecule has 0 saturated heterocycles. The van der Waals surface area contributed by atoms with E-state index in [0.29, 0.717) is 11.7 Å². The molecule has 0 radical (unpaired) electrons. The Hall–Kier alpha value is -2.30. The van der Waals surface area contributed by atoms with Crippen molar-refractivity contribution >= 4 is 5.82 Å². The molecule has 0 aliphatic carbocycles. The SMILES string of the molecule is Cc1cnc(-c2cccn[nH]c(N)c(C)c2)o1. The van der Waals surface area contributed by atoms with Gasteiger partial charge in [-0.1, -0.05) is 0 Å². The number of nitrogens with zero attached hydrogens (tertiary/aromatic N) is 2. The second-order valence-electron chi connectivity index (χ2n) is 3.72. The summed E-state index contributed by atoms with van der Waals surface area (Å²) in [6, 6.07) is 5.57. The number of nitrogens with two attached hydrogens (primary N) is 1. The molecule has 17 heavy (non-hydrogen) atoms. The zero-order valence-electron chi connectivity index (χ0n) is 9.77. The zero-order valence-corrected chi connectivity index (χ0v) is 9.77. The Morgan fingerprint density at radius 1 is 1.35 bits per heavy atom. The first-order valence-corrected chi connectivity index (χ1v) is 5.23. The summed E-state index contributed by atoms with van der Waals surface area (Å²) in [6.07, 6.45) is 3.31. The van der Waals surface area contributed by atoms with Crippen molar-refractivity contribution in [2.45, 2.75) is 13.8 Å². The molecular weight excluding hydrogens is 216 g/mol. The van der Waals surface area contributed by atoms with E-state index in [2.05, 4.69) is 15.2 Å². The molecule has 0 saturated carbocycles. The molecule has 3 N–H and O–H groups in total. The van der Waals surface area contributed by atoms with Crippen molar-refractivity contribution in [2.75, 3.05) is 5.73 Å². The lowest BCUT2D eigenvalue weighted by Gasteiger charge is -1.95. The monoisotopic (exact) mass is 230 g/mol. The number of nitrogen functional groups attached to an aromatic ring is 1. The summed E-state index contributed by atoms with van der Waals surface area (Å²) < 4.78 is 5.48. The van der Waals surface area contributed by atoms with E-state index in [1.165, 1.54) is 0 Å². The van der Waals surface area contributed by atoms with Crippen LogP contribution in [-0.2, 0) is 0 Å². The van der Waals surface area contributed by atoms with E-state index in [9.17, 15) is 0 Å². The van der Waals surface area contributed by atoms with Crippen LogP contribution in [0.2, 0.25) is 0 Å². The first kappa shape index (κ1) is 11.2. The van der Waals surface area contributed by atoms with E-state index in [0.717, 1.165) is 16.9 Å². The van der Waals surface area contributed by atoms with Crippen molar-refractivity contribution in [3.05, 3.63) is 41.9 Å². The van der Waals surface area contributed by atoms with E-state index >= 15 is 0 Å². The van der Waals surface area contributed by atoms with Crippen LogP contribution in [0.1, 0.15) is 11.3 Å². The molecule has 0 fully saturated rings. The van der Waals surface area contributed by atoms with Crippen molar-refractivity contribution < 1.29 is 4.42 Å². The van der Waals surface area contributed by atoms with Crippen molar-refractivity contribution in [2.24, 2.45) is 0 Å². The Bertz CT molecular complexity index is 570. The summed E-state index contributed by atoms with van der Waals surface area (Å²) in [7, 11) is 0. The average molecular weight is 230 g/mol. The molecule has 0 aliphatic heterocycles. The maximum atomic E-state index is 5.79. The Labute approximate surface area is 99.0 Å². The Balaban J connectivity index is 2.63. The van der Waals surface area contributed by atoms with Crippen LogP contribution < -0.4 is 5.73 Å². The van der Waals surface area contributed by atoms with Crippen LogP contribution in [0.5, 0.6) is 0 Å². The third kappa shape index (κ3) is 2.63. The highest BCUT2D eigenvalue weighted by molar-refractivity contribution is 5.55. The lowest BCUT2D eigenvalue weighted by Crippen LogP contribution is -1.91. The average Bonchev–Trinajstić information content (AvgIpc) is 2.74. The molecule has 0 spiro atoms. The van der Waals surface area contributed by atoms with Gasteiger partial charge in [-0.25, -0.2) is 4.98 Å². The standard InChI is InChI=1S/C12H14N4O/c1-8-6-10(12-14-7-9(2)17-12)4-3-5-15-16-11(8)13/h3-7,16H,13H2,1-2H3. The number of H-pyrrole nitrogens is 1. The first-order chi connectivity index (χ1) is 8.16. The van der Waals surface area contributed by atoms with Gasteiger partial charge in [0.2, 0.25) is 5.89 Å². The predicted octanol–water partition coefficient (Wildman–Crippen LogP) is 2.39. The number of rotatable bonds is 1. The molecular formula is C12H14N4O. The van der Waals surface area contributed by atoms with Gasteiger partial charge in [0.05, 0.1) is 6.20 Å². The molecule has 5 nitrogen and oxygen atoms in total. The first-order valence-electron chi connectivity index (χ1n) is 5.23. The van der Waals surface area contributed by atoms with E-state index in [1.807, 2.05) is 26.0 Å². The fraction of sp³-hybridized carbons (Fsp3) is 0.167. The van der Waals surface area contributed by atoms with Gasteiger partial charge < -0.3 is 10.2 Å². The van der Waals surface area contributed by atoms with Crippen molar-refractivity contribution in [3.8, 4) is 11.5 Å². The predicted molar refractivity (Wildman–Crippen MR) is 65.6 cm³/mol. The molecule has 2 aromatic heterocycles. The molecule has 5 heteroatoms. The molecule has 0 amide bonds. The van der Waals surface area contributed by atoms with Crippen LogP contribution in [0.4, 0.5) is 5.82 Å². The Kier molecular flexibility index (Phi) is 3.09. The largest absolute Gasteiger partial charge is 0.441 e. The van der Waals surface area contributed by atoms with Crippen LogP contribution in [0.15, 0.2) is 35.0 Å². The molecule has 88 valence electrons. The van der Waals surface area contributed by atoms with Crippen LogP contribution in [0.25, 0.3) is 11.5 Å². The lowest BCUT2D eigenvalue weighted by atomic mass is 10.2. The van der Waals surface area contributed by atoms with Gasteiger partial charge in [-0.05, 0) is 37.6 Å². The van der Waals surface area contributed by atoms with Gasteiger partial charge in [0, 0.05) is 11.8 Å². The summed E-state index contributed by atoms with van der Waals surface area (Å²) in [6.45, 7) is 3.75. The topological polar surface area (TPSA) is 80.7 Å². The highest BCUT2D eigenvalue weighted by Gasteiger charge is 2.03. The second-order valence-corrected chi connectivity index (χ2v) is 3.72. The number of aromatic nitrogens is 3. The number of aromatic amines is 1. The summed E-state index contributed by atoms with van der Waals surface area (Å²) in [5, 5.41) is 6.66. The lowest BCUT2D eigenvalue weighted by molar-refractivity contribution is 0.542. The third-order valence-electron chi connectivity index (χ3n) is 2.29. The van der Waals surface area contributed by atoms with Gasteiger partial charge in [-0.3, -0.25) is 5.10 Å².